The van der Waals surface area contributed by atoms with Crippen LogP contribution in [0.4, 0.5) is 0 Å². The van der Waals surface area contributed by atoms with Gasteiger partial charge in [-0.05, 0) is 52.6 Å². The summed E-state index contributed by atoms with van der Waals surface area (Å²) in [6.07, 6.45) is 5.78. The molecule has 0 aliphatic carbocycles. The fourth-order valence-electron chi connectivity index (χ4n) is 3.85. The van der Waals surface area contributed by atoms with E-state index in [0.717, 1.165) is 19.3 Å². The average molecular weight is 357 g/mol. The molecule has 0 heterocycles. The molecule has 0 unspecified atom stereocenters. The minimum Gasteiger partial charge on any atom is -0.0651 e. The van der Waals surface area contributed by atoms with Gasteiger partial charge in [0.25, 0.3) is 0 Å². The summed E-state index contributed by atoms with van der Waals surface area (Å²) in [4.78, 5) is 0. The van der Waals surface area contributed by atoms with Crippen molar-refractivity contribution in [3.05, 3.63) is 106 Å². The Morgan fingerprint density at radius 3 is 1.11 bits per heavy atom. The Hall–Kier alpha value is -2.34. The molecule has 3 aromatic carbocycles. The molecule has 0 radical (unpaired) electrons. The van der Waals surface area contributed by atoms with Crippen LogP contribution in [-0.4, -0.2) is 0 Å². The van der Waals surface area contributed by atoms with Gasteiger partial charge in [-0.2, -0.15) is 0 Å². The lowest BCUT2D eigenvalue weighted by Gasteiger charge is -2.20. The third-order valence-corrected chi connectivity index (χ3v) is 5.42. The van der Waals surface area contributed by atoms with Crippen LogP contribution in [-0.2, 0) is 19.3 Å². The van der Waals surface area contributed by atoms with E-state index in [1.165, 1.54) is 46.2 Å². The van der Waals surface area contributed by atoms with Crippen LogP contribution >= 0.6 is 0 Å². The maximum absolute atomic E-state index is 2.32. The number of hydrogen-bond donors (Lipinski definition) is 0. The van der Waals surface area contributed by atoms with E-state index in [2.05, 4.69) is 93.6 Å². The topological polar surface area (TPSA) is 0 Å². The second kappa shape index (κ2) is 9.55. The molecule has 0 spiro atoms. The van der Waals surface area contributed by atoms with Gasteiger partial charge in [0, 0.05) is 5.92 Å². The van der Waals surface area contributed by atoms with Crippen molar-refractivity contribution in [2.75, 3.05) is 0 Å². The normalized spacial score (nSPS) is 11.1. The van der Waals surface area contributed by atoms with Gasteiger partial charge in [0.2, 0.25) is 0 Å². The summed E-state index contributed by atoms with van der Waals surface area (Å²) in [7, 11) is 0. The molecule has 3 rings (SSSR count). The van der Waals surface area contributed by atoms with Crippen LogP contribution in [0, 0.1) is 0 Å². The minimum absolute atomic E-state index is 0.294. The number of aryl methyl sites for hydroxylation is 3. The fourth-order valence-corrected chi connectivity index (χ4v) is 3.85. The summed E-state index contributed by atoms with van der Waals surface area (Å²) >= 11 is 0. The molecular weight excluding hydrogens is 324 g/mol. The highest BCUT2D eigenvalue weighted by Gasteiger charge is 2.17. The van der Waals surface area contributed by atoms with Crippen molar-refractivity contribution < 1.29 is 0 Å². The lowest BCUT2D eigenvalue weighted by molar-refractivity contribution is 0.909. The lowest BCUT2D eigenvalue weighted by atomic mass is 9.84. The van der Waals surface area contributed by atoms with E-state index < -0.39 is 0 Å². The molecule has 0 nitrogen and oxygen atoms in total. The quantitative estimate of drug-likeness (QED) is 0.370. The largest absolute Gasteiger partial charge is 0.0651 e. The summed E-state index contributed by atoms with van der Waals surface area (Å²) in [5.41, 5.74) is 8.39. The van der Waals surface area contributed by atoms with Crippen LogP contribution in [0.1, 0.15) is 72.9 Å². The van der Waals surface area contributed by atoms with E-state index in [4.69, 9.17) is 0 Å². The van der Waals surface area contributed by atoms with Gasteiger partial charge in [-0.1, -0.05) is 106 Å². The van der Waals surface area contributed by atoms with Crippen molar-refractivity contribution in [1.82, 2.24) is 0 Å². The molecule has 140 valence electrons. The summed E-state index contributed by atoms with van der Waals surface area (Å²) < 4.78 is 0. The van der Waals surface area contributed by atoms with Gasteiger partial charge >= 0.3 is 0 Å². The third-order valence-electron chi connectivity index (χ3n) is 5.42. The Kier molecular flexibility index (Phi) is 6.87. The van der Waals surface area contributed by atoms with Gasteiger partial charge < -0.3 is 0 Å². The van der Waals surface area contributed by atoms with Gasteiger partial charge in [0.1, 0.15) is 0 Å². The Balaban J connectivity index is 1.99. The van der Waals surface area contributed by atoms with Gasteiger partial charge in [-0.15, -0.1) is 0 Å². The molecule has 0 saturated heterocycles. The molecule has 0 bridgehead atoms. The van der Waals surface area contributed by atoms with Crippen molar-refractivity contribution in [2.24, 2.45) is 0 Å². The predicted octanol–water partition coefficient (Wildman–Crippen LogP) is 7.33. The molecular formula is C27H32. The zero-order chi connectivity index (χ0) is 19.1. The second-order valence-electron chi connectivity index (χ2n) is 7.51. The first kappa shape index (κ1) is 19.4. The Bertz CT molecular complexity index is 758. The van der Waals surface area contributed by atoms with Crippen molar-refractivity contribution in [2.45, 2.75) is 58.8 Å². The Morgan fingerprint density at radius 1 is 0.481 bits per heavy atom. The van der Waals surface area contributed by atoms with Gasteiger partial charge in [0.15, 0.2) is 0 Å². The van der Waals surface area contributed by atoms with Crippen molar-refractivity contribution >= 4 is 0 Å². The van der Waals surface area contributed by atoms with E-state index in [-0.39, 0.29) is 0 Å². The van der Waals surface area contributed by atoms with E-state index in [1.807, 2.05) is 0 Å². The molecule has 0 heteroatoms. The average Bonchev–Trinajstić information content (AvgIpc) is 2.72. The van der Waals surface area contributed by atoms with Gasteiger partial charge in [0.05, 0.1) is 0 Å². The van der Waals surface area contributed by atoms with Gasteiger partial charge in [-0.3, -0.25) is 0 Å². The predicted molar refractivity (Wildman–Crippen MR) is 118 cm³/mol. The maximum atomic E-state index is 2.32. The van der Waals surface area contributed by atoms with Crippen LogP contribution in [0.5, 0.6) is 0 Å². The smallest absolute Gasteiger partial charge is 0.0339 e. The van der Waals surface area contributed by atoms with Crippen LogP contribution in [0.3, 0.4) is 0 Å². The molecule has 0 amide bonds. The molecule has 3 aromatic rings. The highest BCUT2D eigenvalue weighted by atomic mass is 14.2. The zero-order valence-electron chi connectivity index (χ0n) is 17.0. The molecule has 0 fully saturated rings. The van der Waals surface area contributed by atoms with Gasteiger partial charge in [-0.25, -0.2) is 0 Å². The third kappa shape index (κ3) is 4.89. The molecule has 0 N–H and O–H groups in total. The highest BCUT2D eigenvalue weighted by Crippen LogP contribution is 2.32. The van der Waals surface area contributed by atoms with E-state index in [0.29, 0.717) is 5.92 Å². The molecule has 0 aromatic heterocycles. The minimum atomic E-state index is 0.294. The SMILES string of the molecule is CCCc1ccc(C(c2ccc(CC)cc2)c2ccc(CCC)cc2)cc1. The monoisotopic (exact) mass is 356 g/mol. The fraction of sp³-hybridized carbons (Fsp3) is 0.333. The molecule has 0 saturated carbocycles. The highest BCUT2D eigenvalue weighted by molar-refractivity contribution is 5.45. The van der Waals surface area contributed by atoms with E-state index in [1.54, 1.807) is 0 Å². The van der Waals surface area contributed by atoms with Crippen LogP contribution < -0.4 is 0 Å². The molecule has 0 aliphatic rings. The first-order chi connectivity index (χ1) is 13.2. The Morgan fingerprint density at radius 2 is 0.815 bits per heavy atom. The van der Waals surface area contributed by atoms with Crippen molar-refractivity contribution in [1.29, 1.82) is 0 Å². The number of hydrogen-bond acceptors (Lipinski definition) is 0. The van der Waals surface area contributed by atoms with Crippen LogP contribution in [0.2, 0.25) is 0 Å². The maximum Gasteiger partial charge on any atom is 0.0339 e. The summed E-state index contributed by atoms with van der Waals surface area (Å²) in [6, 6.07) is 27.7. The second-order valence-corrected chi connectivity index (χ2v) is 7.51. The van der Waals surface area contributed by atoms with Crippen molar-refractivity contribution in [3.8, 4) is 0 Å². The van der Waals surface area contributed by atoms with Crippen LogP contribution in [0.15, 0.2) is 72.8 Å². The molecule has 0 aliphatic heterocycles. The summed E-state index contributed by atoms with van der Waals surface area (Å²) in [5.74, 6) is 0.294. The van der Waals surface area contributed by atoms with Crippen LogP contribution in [0.25, 0.3) is 0 Å². The summed E-state index contributed by atoms with van der Waals surface area (Å²) in [6.45, 7) is 6.69. The van der Waals surface area contributed by atoms with E-state index in [9.17, 15) is 0 Å². The first-order valence-electron chi connectivity index (χ1n) is 10.5. The lowest BCUT2D eigenvalue weighted by Crippen LogP contribution is -2.04. The number of rotatable bonds is 8. The van der Waals surface area contributed by atoms with E-state index >= 15 is 0 Å². The zero-order valence-corrected chi connectivity index (χ0v) is 17.0. The van der Waals surface area contributed by atoms with Crippen molar-refractivity contribution in [3.63, 3.8) is 0 Å². The number of benzene rings is 3. The standard InChI is InChI=1S/C27H32/c1-4-7-22-11-17-25(18-12-22)27(24-15-9-21(6-3)10-16-24)26-19-13-23(8-5-2)14-20-26/h9-20,27H,4-8H2,1-3H3. The molecule has 0 atom stereocenters. The Labute approximate surface area is 165 Å². The first-order valence-corrected chi connectivity index (χ1v) is 10.5. The molecule has 27 heavy (non-hydrogen) atoms. The summed E-state index contributed by atoms with van der Waals surface area (Å²) in [5, 5.41) is 0.